The smallest absolute Gasteiger partial charge is 0.229 e. The summed E-state index contributed by atoms with van der Waals surface area (Å²) in [5.74, 6) is -0.252. The van der Waals surface area contributed by atoms with Crippen molar-refractivity contribution in [1.82, 2.24) is 0 Å². The number of hydrogen-bond acceptors (Lipinski definition) is 4. The Bertz CT molecular complexity index is 1220. The summed E-state index contributed by atoms with van der Waals surface area (Å²) in [5.41, 5.74) is 3.88. The molecule has 1 fully saturated rings. The largest absolute Gasteiger partial charge is 0.496 e. The van der Waals surface area contributed by atoms with Crippen molar-refractivity contribution in [3.8, 4) is 5.75 Å². The molecule has 7 heteroatoms. The normalized spacial score (nSPS) is 17.6. The van der Waals surface area contributed by atoms with Crippen molar-refractivity contribution in [2.24, 2.45) is 5.92 Å². The van der Waals surface area contributed by atoms with E-state index in [0.717, 1.165) is 16.8 Å². The van der Waals surface area contributed by atoms with Crippen molar-refractivity contribution in [1.29, 1.82) is 0 Å². The van der Waals surface area contributed by atoms with Gasteiger partial charge in [-0.2, -0.15) is 0 Å². The average Bonchev–Trinajstić information content (AvgIpc) is 2.85. The van der Waals surface area contributed by atoms with Crippen LogP contribution in [0.25, 0.3) is 0 Å². The van der Waals surface area contributed by atoms with Crippen LogP contribution in [0.15, 0.2) is 72.8 Å². The highest BCUT2D eigenvalue weighted by molar-refractivity contribution is 6.00. The standard InChI is InChI=1S/C28H29N3O4/c1-18-8-14-22(15-9-18)31-26(33)17-16-24(27(31)23-6-4-5-7-25(23)35-3)28(34)30-21-12-10-20(11-13-21)29-19(2)32/h4-15,24,27H,16-17H2,1-3H3,(H,29,32)(H,30,34). The minimum absolute atomic E-state index is 0.0338. The van der Waals surface area contributed by atoms with Gasteiger partial charge in [-0.05, 0) is 55.8 Å². The summed E-state index contributed by atoms with van der Waals surface area (Å²) < 4.78 is 5.62. The lowest BCUT2D eigenvalue weighted by Gasteiger charge is -2.41. The summed E-state index contributed by atoms with van der Waals surface area (Å²) >= 11 is 0. The van der Waals surface area contributed by atoms with Crippen LogP contribution in [0.3, 0.4) is 0 Å². The van der Waals surface area contributed by atoms with E-state index in [1.165, 1.54) is 6.92 Å². The van der Waals surface area contributed by atoms with E-state index in [1.54, 1.807) is 36.3 Å². The molecule has 1 aliphatic heterocycles. The van der Waals surface area contributed by atoms with Crippen molar-refractivity contribution in [2.45, 2.75) is 32.7 Å². The third-order valence-electron chi connectivity index (χ3n) is 6.18. The van der Waals surface area contributed by atoms with Crippen molar-refractivity contribution in [2.75, 3.05) is 22.6 Å². The first-order valence-electron chi connectivity index (χ1n) is 11.6. The second-order valence-electron chi connectivity index (χ2n) is 8.68. The molecule has 35 heavy (non-hydrogen) atoms. The number of amides is 3. The van der Waals surface area contributed by atoms with Gasteiger partial charge < -0.3 is 20.3 Å². The highest BCUT2D eigenvalue weighted by Crippen LogP contribution is 2.43. The third kappa shape index (κ3) is 5.35. The van der Waals surface area contributed by atoms with Crippen LogP contribution in [0.1, 0.15) is 36.9 Å². The number of anilines is 3. The molecule has 0 radical (unpaired) electrons. The Morgan fingerprint density at radius 1 is 0.914 bits per heavy atom. The van der Waals surface area contributed by atoms with E-state index < -0.39 is 12.0 Å². The van der Waals surface area contributed by atoms with Crippen LogP contribution in [-0.4, -0.2) is 24.8 Å². The van der Waals surface area contributed by atoms with Gasteiger partial charge in [-0.15, -0.1) is 0 Å². The monoisotopic (exact) mass is 471 g/mol. The van der Waals surface area contributed by atoms with Crippen molar-refractivity contribution in [3.05, 3.63) is 83.9 Å². The van der Waals surface area contributed by atoms with E-state index in [4.69, 9.17) is 4.74 Å². The van der Waals surface area contributed by atoms with Crippen LogP contribution in [0.4, 0.5) is 17.1 Å². The number of piperidine rings is 1. The summed E-state index contributed by atoms with van der Waals surface area (Å²) in [6.45, 7) is 3.44. The van der Waals surface area contributed by atoms with Crippen LogP contribution in [0.5, 0.6) is 5.75 Å². The highest BCUT2D eigenvalue weighted by Gasteiger charge is 2.42. The summed E-state index contributed by atoms with van der Waals surface area (Å²) in [7, 11) is 1.59. The molecule has 2 unspecified atom stereocenters. The minimum Gasteiger partial charge on any atom is -0.496 e. The molecule has 0 saturated carbocycles. The molecule has 1 aliphatic rings. The van der Waals surface area contributed by atoms with E-state index in [0.29, 0.717) is 23.5 Å². The van der Waals surface area contributed by atoms with E-state index in [2.05, 4.69) is 10.6 Å². The second kappa shape index (κ2) is 10.4. The molecule has 2 atom stereocenters. The zero-order chi connectivity index (χ0) is 24.9. The number of methoxy groups -OCH3 is 1. The van der Waals surface area contributed by atoms with Gasteiger partial charge in [-0.1, -0.05) is 35.9 Å². The molecule has 180 valence electrons. The number of para-hydroxylation sites is 1. The summed E-state index contributed by atoms with van der Waals surface area (Å²) in [6.07, 6.45) is 0.679. The molecule has 0 spiro atoms. The van der Waals surface area contributed by atoms with Gasteiger partial charge in [0.2, 0.25) is 17.7 Å². The number of hydrogen-bond donors (Lipinski definition) is 2. The molecule has 2 N–H and O–H groups in total. The molecule has 0 aliphatic carbocycles. The molecule has 1 saturated heterocycles. The first-order valence-corrected chi connectivity index (χ1v) is 11.6. The van der Waals surface area contributed by atoms with E-state index in [1.807, 2.05) is 55.5 Å². The predicted molar refractivity (Wildman–Crippen MR) is 136 cm³/mol. The number of nitrogens with zero attached hydrogens (tertiary/aromatic N) is 1. The summed E-state index contributed by atoms with van der Waals surface area (Å²) in [5, 5.41) is 5.71. The summed E-state index contributed by atoms with van der Waals surface area (Å²) in [6, 6.07) is 21.7. The van der Waals surface area contributed by atoms with E-state index in [-0.39, 0.29) is 24.1 Å². The molecule has 4 rings (SSSR count). The van der Waals surface area contributed by atoms with Gasteiger partial charge in [0.25, 0.3) is 0 Å². The van der Waals surface area contributed by atoms with Crippen LogP contribution >= 0.6 is 0 Å². The Kier molecular flexibility index (Phi) is 7.15. The number of rotatable bonds is 6. The number of carbonyl (C=O) groups is 3. The molecular formula is C28H29N3O4. The number of nitrogens with one attached hydrogen (secondary N) is 2. The highest BCUT2D eigenvalue weighted by atomic mass is 16.5. The molecule has 3 amide bonds. The van der Waals surface area contributed by atoms with Crippen molar-refractivity contribution >= 4 is 34.8 Å². The van der Waals surface area contributed by atoms with Gasteiger partial charge in [-0.3, -0.25) is 14.4 Å². The summed E-state index contributed by atoms with van der Waals surface area (Å²) in [4.78, 5) is 39.8. The Morgan fingerprint density at radius 2 is 1.54 bits per heavy atom. The molecule has 3 aromatic rings. The van der Waals surface area contributed by atoms with Crippen molar-refractivity contribution < 1.29 is 19.1 Å². The van der Waals surface area contributed by atoms with Gasteiger partial charge >= 0.3 is 0 Å². The fourth-order valence-corrected chi connectivity index (χ4v) is 4.52. The lowest BCUT2D eigenvalue weighted by atomic mass is 9.82. The topological polar surface area (TPSA) is 87.7 Å². The van der Waals surface area contributed by atoms with Gasteiger partial charge in [0, 0.05) is 36.0 Å². The molecule has 1 heterocycles. The number of aryl methyl sites for hydroxylation is 1. The quantitative estimate of drug-likeness (QED) is 0.525. The molecular weight excluding hydrogens is 442 g/mol. The lowest BCUT2D eigenvalue weighted by molar-refractivity contribution is -0.126. The lowest BCUT2D eigenvalue weighted by Crippen LogP contribution is -2.47. The Hall–Kier alpha value is -4.13. The fourth-order valence-electron chi connectivity index (χ4n) is 4.52. The zero-order valence-corrected chi connectivity index (χ0v) is 20.1. The van der Waals surface area contributed by atoms with Gasteiger partial charge in [0.15, 0.2) is 0 Å². The molecule has 0 aromatic heterocycles. The maximum atomic E-state index is 13.6. The molecule has 7 nitrogen and oxygen atoms in total. The van der Waals surface area contributed by atoms with Gasteiger partial charge in [0.1, 0.15) is 5.75 Å². The first-order chi connectivity index (χ1) is 16.9. The predicted octanol–water partition coefficient (Wildman–Crippen LogP) is 5.09. The minimum atomic E-state index is -0.534. The van der Waals surface area contributed by atoms with Gasteiger partial charge in [0.05, 0.1) is 19.1 Å². The Balaban J connectivity index is 1.70. The van der Waals surface area contributed by atoms with E-state index >= 15 is 0 Å². The Labute approximate surface area is 205 Å². The number of carbonyl (C=O) groups excluding carboxylic acids is 3. The van der Waals surface area contributed by atoms with Crippen LogP contribution in [0.2, 0.25) is 0 Å². The Morgan fingerprint density at radius 3 is 2.17 bits per heavy atom. The first kappa shape index (κ1) is 24.0. The number of benzene rings is 3. The van der Waals surface area contributed by atoms with Crippen LogP contribution in [-0.2, 0) is 14.4 Å². The molecule has 3 aromatic carbocycles. The third-order valence-corrected chi connectivity index (χ3v) is 6.18. The maximum absolute atomic E-state index is 13.6. The average molecular weight is 472 g/mol. The van der Waals surface area contributed by atoms with Crippen LogP contribution < -0.4 is 20.3 Å². The van der Waals surface area contributed by atoms with Crippen molar-refractivity contribution in [3.63, 3.8) is 0 Å². The van der Waals surface area contributed by atoms with Gasteiger partial charge in [-0.25, -0.2) is 0 Å². The van der Waals surface area contributed by atoms with E-state index in [9.17, 15) is 14.4 Å². The maximum Gasteiger partial charge on any atom is 0.229 e. The zero-order valence-electron chi connectivity index (χ0n) is 20.1. The second-order valence-corrected chi connectivity index (χ2v) is 8.68. The van der Waals surface area contributed by atoms with Crippen LogP contribution in [0, 0.1) is 12.8 Å². The molecule has 0 bridgehead atoms. The number of ether oxygens (including phenoxy) is 1. The SMILES string of the molecule is COc1ccccc1C1C(C(=O)Nc2ccc(NC(C)=O)cc2)CCC(=O)N1c1ccc(C)cc1. The fraction of sp³-hybridized carbons (Fsp3) is 0.250.